The van der Waals surface area contributed by atoms with Crippen LogP contribution in [0.3, 0.4) is 0 Å². The van der Waals surface area contributed by atoms with Gasteiger partial charge in [-0.1, -0.05) is 42.5 Å². The van der Waals surface area contributed by atoms with E-state index in [-0.39, 0.29) is 19.4 Å². The predicted octanol–water partition coefficient (Wildman–Crippen LogP) is 4.18. The van der Waals surface area contributed by atoms with Gasteiger partial charge in [-0.25, -0.2) is 19.4 Å². The van der Waals surface area contributed by atoms with Gasteiger partial charge in [0.15, 0.2) is 0 Å². The van der Waals surface area contributed by atoms with Gasteiger partial charge in [0.25, 0.3) is 5.91 Å². The van der Waals surface area contributed by atoms with Crippen LogP contribution in [-0.4, -0.2) is 29.4 Å². The van der Waals surface area contributed by atoms with E-state index in [1.165, 1.54) is 0 Å². The van der Waals surface area contributed by atoms with Gasteiger partial charge in [-0.15, -0.1) is 0 Å². The maximum atomic E-state index is 13.7. The fourth-order valence-corrected chi connectivity index (χ4v) is 4.76. The van der Waals surface area contributed by atoms with Crippen LogP contribution in [0.15, 0.2) is 54.6 Å². The van der Waals surface area contributed by atoms with Crippen molar-refractivity contribution in [2.24, 2.45) is 11.3 Å². The molecule has 31 heavy (non-hydrogen) atoms. The SMILES string of the molecule is NNC(=O)c1ccc([C@@H]2CC3(CCN2C(=O)OCc2ccccc2)CC(F)(F)C3)cc1. The van der Waals surface area contributed by atoms with E-state index in [1.54, 1.807) is 29.2 Å². The average molecular weight is 429 g/mol. The predicted molar refractivity (Wildman–Crippen MR) is 110 cm³/mol. The molecule has 1 saturated heterocycles. The number of ether oxygens (including phenoxy) is 1. The Hall–Kier alpha value is -3.00. The molecule has 1 aliphatic carbocycles. The van der Waals surface area contributed by atoms with E-state index in [9.17, 15) is 18.4 Å². The zero-order valence-corrected chi connectivity index (χ0v) is 17.0. The number of carbonyl (C=O) groups excluding carboxylic acids is 2. The number of nitrogens with zero attached hydrogens (tertiary/aromatic N) is 1. The van der Waals surface area contributed by atoms with Crippen molar-refractivity contribution in [3.05, 3.63) is 71.3 Å². The van der Waals surface area contributed by atoms with Crippen molar-refractivity contribution in [2.45, 2.75) is 44.3 Å². The fraction of sp³-hybridized carbons (Fsp3) is 0.391. The molecule has 0 bridgehead atoms. The normalized spacial score (nSPS) is 21.3. The second-order valence-corrected chi connectivity index (χ2v) is 8.51. The largest absolute Gasteiger partial charge is 0.445 e. The lowest BCUT2D eigenvalue weighted by Crippen LogP contribution is -2.54. The molecule has 164 valence electrons. The highest BCUT2D eigenvalue weighted by Gasteiger charge is 2.59. The number of halogens is 2. The van der Waals surface area contributed by atoms with E-state index in [2.05, 4.69) is 5.43 Å². The highest BCUT2D eigenvalue weighted by molar-refractivity contribution is 5.93. The Labute approximate surface area is 179 Å². The lowest BCUT2D eigenvalue weighted by atomic mass is 9.59. The van der Waals surface area contributed by atoms with Gasteiger partial charge in [0.2, 0.25) is 5.92 Å². The average Bonchev–Trinajstić information content (AvgIpc) is 2.76. The summed E-state index contributed by atoms with van der Waals surface area (Å²) in [5.41, 5.74) is 3.63. The van der Waals surface area contributed by atoms with Gasteiger partial charge in [-0.2, -0.15) is 0 Å². The van der Waals surface area contributed by atoms with Crippen LogP contribution in [0.4, 0.5) is 13.6 Å². The van der Waals surface area contributed by atoms with E-state index >= 15 is 0 Å². The minimum Gasteiger partial charge on any atom is -0.445 e. The number of piperidine rings is 1. The Morgan fingerprint density at radius 3 is 2.39 bits per heavy atom. The maximum absolute atomic E-state index is 13.7. The lowest BCUT2D eigenvalue weighted by Gasteiger charge is -2.54. The molecule has 1 saturated carbocycles. The highest BCUT2D eigenvalue weighted by Crippen LogP contribution is 2.60. The van der Waals surface area contributed by atoms with Crippen molar-refractivity contribution in [2.75, 3.05) is 6.54 Å². The number of nitrogens with two attached hydrogens (primary N) is 1. The van der Waals surface area contributed by atoms with Crippen molar-refractivity contribution in [3.8, 4) is 0 Å². The molecule has 2 aromatic carbocycles. The van der Waals surface area contributed by atoms with Gasteiger partial charge < -0.3 is 9.64 Å². The molecule has 2 aliphatic rings. The molecule has 2 fully saturated rings. The molecule has 6 nitrogen and oxygen atoms in total. The van der Waals surface area contributed by atoms with E-state index in [0.717, 1.165) is 11.1 Å². The van der Waals surface area contributed by atoms with Crippen molar-refractivity contribution in [1.82, 2.24) is 10.3 Å². The summed E-state index contributed by atoms with van der Waals surface area (Å²) in [5, 5.41) is 0. The quantitative estimate of drug-likeness (QED) is 0.434. The van der Waals surface area contributed by atoms with E-state index < -0.39 is 29.4 Å². The molecular formula is C23H25F2N3O3. The number of carbonyl (C=O) groups is 2. The number of rotatable bonds is 4. The van der Waals surface area contributed by atoms with Crippen LogP contribution < -0.4 is 11.3 Å². The topological polar surface area (TPSA) is 84.7 Å². The van der Waals surface area contributed by atoms with E-state index in [4.69, 9.17) is 10.6 Å². The van der Waals surface area contributed by atoms with E-state index in [0.29, 0.717) is 24.9 Å². The number of likely N-dealkylation sites (tertiary alicyclic amines) is 1. The molecule has 2 aromatic rings. The summed E-state index contributed by atoms with van der Waals surface area (Å²) in [6.45, 7) is 0.487. The molecule has 1 heterocycles. The minimum absolute atomic E-state index is 0.141. The van der Waals surface area contributed by atoms with Crippen molar-refractivity contribution < 1.29 is 23.1 Å². The Morgan fingerprint density at radius 1 is 1.10 bits per heavy atom. The monoisotopic (exact) mass is 429 g/mol. The van der Waals surface area contributed by atoms with Gasteiger partial charge >= 0.3 is 6.09 Å². The van der Waals surface area contributed by atoms with Gasteiger partial charge in [-0.3, -0.25) is 10.2 Å². The molecular weight excluding hydrogens is 404 g/mol. The van der Waals surface area contributed by atoms with E-state index in [1.807, 2.05) is 30.3 Å². The number of nitrogen functional groups attached to an aromatic ring is 1. The van der Waals surface area contributed by atoms with Crippen LogP contribution in [0.2, 0.25) is 0 Å². The first-order chi connectivity index (χ1) is 14.8. The zero-order chi connectivity index (χ0) is 22.1. The Morgan fingerprint density at radius 2 is 1.77 bits per heavy atom. The molecule has 8 heteroatoms. The Bertz CT molecular complexity index is 942. The molecule has 1 spiro atoms. The van der Waals surface area contributed by atoms with Gasteiger partial charge in [-0.05, 0) is 41.5 Å². The summed E-state index contributed by atoms with van der Waals surface area (Å²) in [7, 11) is 0. The molecule has 0 unspecified atom stereocenters. The summed E-state index contributed by atoms with van der Waals surface area (Å²) < 4.78 is 32.9. The van der Waals surface area contributed by atoms with Gasteiger partial charge in [0.05, 0.1) is 6.04 Å². The number of hydrogen-bond donors (Lipinski definition) is 2. The van der Waals surface area contributed by atoms with Crippen LogP contribution in [-0.2, 0) is 11.3 Å². The molecule has 3 N–H and O–H groups in total. The Balaban J connectivity index is 1.53. The summed E-state index contributed by atoms with van der Waals surface area (Å²) in [4.78, 5) is 26.2. The molecule has 1 atom stereocenters. The first-order valence-electron chi connectivity index (χ1n) is 10.3. The molecule has 1 aliphatic heterocycles. The number of nitrogens with one attached hydrogen (secondary N) is 1. The molecule has 0 radical (unpaired) electrons. The van der Waals surface area contributed by atoms with Crippen molar-refractivity contribution >= 4 is 12.0 Å². The third-order valence-electron chi connectivity index (χ3n) is 6.28. The third-order valence-corrected chi connectivity index (χ3v) is 6.28. The van der Waals surface area contributed by atoms with Gasteiger partial charge in [0.1, 0.15) is 6.61 Å². The Kier molecular flexibility index (Phi) is 5.66. The van der Waals surface area contributed by atoms with Crippen LogP contribution in [0.5, 0.6) is 0 Å². The molecule has 0 aromatic heterocycles. The smallest absolute Gasteiger partial charge is 0.410 e. The zero-order valence-electron chi connectivity index (χ0n) is 17.0. The lowest BCUT2D eigenvalue weighted by molar-refractivity contribution is -0.183. The minimum atomic E-state index is -2.64. The third kappa shape index (κ3) is 4.54. The summed E-state index contributed by atoms with van der Waals surface area (Å²) in [6.07, 6.45) is 0.172. The number of hydrazine groups is 1. The van der Waals surface area contributed by atoms with Gasteiger partial charge in [0, 0.05) is 24.9 Å². The van der Waals surface area contributed by atoms with Crippen LogP contribution in [0, 0.1) is 5.41 Å². The van der Waals surface area contributed by atoms with Crippen molar-refractivity contribution in [3.63, 3.8) is 0 Å². The van der Waals surface area contributed by atoms with Crippen LogP contribution in [0.1, 0.15) is 53.2 Å². The second kappa shape index (κ2) is 8.26. The highest BCUT2D eigenvalue weighted by atomic mass is 19.3. The second-order valence-electron chi connectivity index (χ2n) is 8.51. The first-order valence-corrected chi connectivity index (χ1v) is 10.3. The van der Waals surface area contributed by atoms with Crippen molar-refractivity contribution in [1.29, 1.82) is 0 Å². The summed E-state index contributed by atoms with van der Waals surface area (Å²) >= 11 is 0. The number of benzene rings is 2. The molecule has 4 rings (SSSR count). The fourth-order valence-electron chi connectivity index (χ4n) is 4.76. The maximum Gasteiger partial charge on any atom is 0.410 e. The number of alkyl halides is 2. The summed E-state index contributed by atoms with van der Waals surface area (Å²) in [6, 6.07) is 15.7. The number of hydrogen-bond acceptors (Lipinski definition) is 4. The van der Waals surface area contributed by atoms with Crippen LogP contribution in [0.25, 0.3) is 0 Å². The standard InChI is InChI=1S/C23H25F2N3O3/c24-23(25)14-22(15-23)10-11-28(21(30)31-13-16-4-2-1-3-5-16)19(12-22)17-6-8-18(9-7-17)20(29)27-26/h1-9,19H,10-15,26H2,(H,27,29)/t19-/m0/s1. The number of amides is 2. The molecule has 2 amide bonds. The first kappa shape index (κ1) is 21.2. The summed E-state index contributed by atoms with van der Waals surface area (Å²) in [5.74, 6) is 2.11. The van der Waals surface area contributed by atoms with Crippen LogP contribution >= 0.6 is 0 Å².